The van der Waals surface area contributed by atoms with Gasteiger partial charge in [-0.15, -0.1) is 0 Å². The van der Waals surface area contributed by atoms with Gasteiger partial charge in [0.15, 0.2) is 0 Å². The molecule has 0 amide bonds. The molecule has 1 aromatic rings. The lowest BCUT2D eigenvalue weighted by Gasteiger charge is -2.54. The zero-order chi connectivity index (χ0) is 29.8. The van der Waals surface area contributed by atoms with Crippen molar-refractivity contribution in [1.82, 2.24) is 4.90 Å². The Morgan fingerprint density at radius 2 is 1.71 bits per heavy atom. The summed E-state index contributed by atoms with van der Waals surface area (Å²) in [7, 11) is 2.03. The molecule has 1 aromatic carbocycles. The van der Waals surface area contributed by atoms with Crippen molar-refractivity contribution in [3.63, 3.8) is 0 Å². The molecule has 0 bridgehead atoms. The number of unbranched alkanes of at least 4 members (excludes halogenated alkanes) is 2. The van der Waals surface area contributed by atoms with Crippen LogP contribution in [0.2, 0.25) is 0 Å². The minimum atomic E-state index is -5.50. The maximum atomic E-state index is 12.9. The van der Waals surface area contributed by atoms with Crippen LogP contribution in [0, 0.1) is 23.2 Å². The van der Waals surface area contributed by atoms with E-state index in [1.165, 1.54) is 11.1 Å². The lowest BCUT2D eigenvalue weighted by Crippen LogP contribution is -2.47. The van der Waals surface area contributed by atoms with E-state index in [1.54, 1.807) is 0 Å². The first kappa shape index (κ1) is 32.5. The van der Waals surface area contributed by atoms with Gasteiger partial charge >= 0.3 is 12.1 Å². The summed E-state index contributed by atoms with van der Waals surface area (Å²) in [6.45, 7) is 4.29. The lowest BCUT2D eigenvalue weighted by molar-refractivity contribution is -0.285. The molecule has 2 saturated carbocycles. The molecule has 0 aromatic heterocycles. The van der Waals surface area contributed by atoms with E-state index in [9.17, 15) is 32.2 Å². The monoisotopic (exact) mass is 589 g/mol. The molecular formula is C32H48F5NO3. The summed E-state index contributed by atoms with van der Waals surface area (Å²) in [6.07, 6.45) is 3.12. The van der Waals surface area contributed by atoms with Crippen LogP contribution in [0.4, 0.5) is 22.0 Å². The Bertz CT molecular complexity index is 989. The number of hydrogen-bond donors (Lipinski definition) is 2. The standard InChI is InChI=1S/C32H48F5NO3/c1-30-21-23(29-25-12-10-24(39)20-22(25)9-11-26(29)27(30)13-14-28(30)40)8-4-3-5-16-38(2)17-7-19-41-18-6-15-31(33,34)32(35,36)37/h10,12,20,23,26-29,39-40H,3-9,11,13-19,21H2,1-2H3/t23-,26?,27?,28?,29?,30?/m0/s1. The first-order valence-electron chi connectivity index (χ1n) is 15.5. The van der Waals surface area contributed by atoms with Gasteiger partial charge < -0.3 is 19.8 Å². The Kier molecular flexibility index (Phi) is 10.7. The first-order valence-corrected chi connectivity index (χ1v) is 15.5. The van der Waals surface area contributed by atoms with Crippen molar-refractivity contribution in [2.24, 2.45) is 23.2 Å². The van der Waals surface area contributed by atoms with Crippen LogP contribution < -0.4 is 0 Å². The van der Waals surface area contributed by atoms with Crippen LogP contribution in [-0.2, 0) is 11.2 Å². The van der Waals surface area contributed by atoms with Crippen molar-refractivity contribution in [2.45, 2.75) is 108 Å². The van der Waals surface area contributed by atoms with E-state index in [1.807, 2.05) is 19.2 Å². The summed E-state index contributed by atoms with van der Waals surface area (Å²) in [5.74, 6) is -2.11. The highest BCUT2D eigenvalue weighted by molar-refractivity contribution is 5.40. The Balaban J connectivity index is 1.17. The molecule has 4 rings (SSSR count). The van der Waals surface area contributed by atoms with Gasteiger partial charge in [0.05, 0.1) is 6.10 Å². The minimum Gasteiger partial charge on any atom is -0.508 e. The Morgan fingerprint density at radius 1 is 0.976 bits per heavy atom. The van der Waals surface area contributed by atoms with Crippen molar-refractivity contribution >= 4 is 0 Å². The van der Waals surface area contributed by atoms with Gasteiger partial charge in [0.1, 0.15) is 5.75 Å². The average molecular weight is 590 g/mol. The summed E-state index contributed by atoms with van der Waals surface area (Å²) >= 11 is 0. The van der Waals surface area contributed by atoms with Crippen LogP contribution in [0.25, 0.3) is 0 Å². The number of ether oxygens (including phenoxy) is 1. The topological polar surface area (TPSA) is 52.9 Å². The van der Waals surface area contributed by atoms with Crippen molar-refractivity contribution < 1.29 is 36.9 Å². The largest absolute Gasteiger partial charge is 0.508 e. The third-order valence-corrected chi connectivity index (χ3v) is 10.4. The van der Waals surface area contributed by atoms with Gasteiger partial charge in [-0.1, -0.05) is 25.8 Å². The second-order valence-electron chi connectivity index (χ2n) is 13.2. The molecule has 0 saturated heterocycles. The number of phenolic OH excluding ortho intramolecular Hbond substituents is 1. The van der Waals surface area contributed by atoms with E-state index in [0.29, 0.717) is 42.4 Å². The second-order valence-corrected chi connectivity index (χ2v) is 13.2. The molecule has 3 aliphatic rings. The van der Waals surface area contributed by atoms with Crippen molar-refractivity contribution in [2.75, 3.05) is 33.4 Å². The SMILES string of the molecule is CN(CCCCC[C@H]1CC2(C)C(O)CCC2C2CCc3cc(O)ccc3C21)CCCOCCCC(F)(F)C(F)(F)F. The van der Waals surface area contributed by atoms with Crippen LogP contribution in [0.3, 0.4) is 0 Å². The Morgan fingerprint density at radius 3 is 2.46 bits per heavy atom. The molecule has 234 valence electrons. The number of aliphatic hydroxyl groups is 1. The highest BCUT2D eigenvalue weighted by atomic mass is 19.4. The summed E-state index contributed by atoms with van der Waals surface area (Å²) in [6, 6.07) is 5.94. The molecule has 0 heterocycles. The molecule has 9 heteroatoms. The maximum absolute atomic E-state index is 12.9. The van der Waals surface area contributed by atoms with Crippen molar-refractivity contribution in [3.05, 3.63) is 29.3 Å². The van der Waals surface area contributed by atoms with E-state index in [4.69, 9.17) is 4.74 Å². The number of phenols is 1. The summed E-state index contributed by atoms with van der Waals surface area (Å²) in [4.78, 5) is 2.21. The van der Waals surface area contributed by atoms with Crippen LogP contribution >= 0.6 is 0 Å². The molecule has 5 unspecified atom stereocenters. The van der Waals surface area contributed by atoms with Gasteiger partial charge in [-0.2, -0.15) is 22.0 Å². The predicted molar refractivity (Wildman–Crippen MR) is 149 cm³/mol. The van der Waals surface area contributed by atoms with Gasteiger partial charge in [-0.25, -0.2) is 0 Å². The molecular weight excluding hydrogens is 541 g/mol. The van der Waals surface area contributed by atoms with Crippen LogP contribution in [0.1, 0.15) is 94.6 Å². The van der Waals surface area contributed by atoms with Gasteiger partial charge in [0, 0.05) is 26.2 Å². The maximum Gasteiger partial charge on any atom is 0.453 e. The number of hydrogen-bond acceptors (Lipinski definition) is 4. The number of alkyl halides is 5. The smallest absolute Gasteiger partial charge is 0.453 e. The van der Waals surface area contributed by atoms with Gasteiger partial charge in [0.2, 0.25) is 0 Å². The fourth-order valence-electron chi connectivity index (χ4n) is 8.28. The van der Waals surface area contributed by atoms with Gasteiger partial charge in [0.25, 0.3) is 0 Å². The molecule has 0 spiro atoms. The zero-order valence-electron chi connectivity index (χ0n) is 24.6. The van der Waals surface area contributed by atoms with E-state index in [-0.39, 0.29) is 24.5 Å². The molecule has 0 radical (unpaired) electrons. The van der Waals surface area contributed by atoms with E-state index < -0.39 is 18.5 Å². The first-order chi connectivity index (χ1) is 19.3. The number of benzene rings is 1. The molecule has 2 N–H and O–H groups in total. The Labute approximate surface area is 241 Å². The van der Waals surface area contributed by atoms with Gasteiger partial charge in [-0.05, 0) is 124 Å². The third-order valence-electron chi connectivity index (χ3n) is 10.4. The number of halogens is 5. The summed E-state index contributed by atoms with van der Waals surface area (Å²) in [5.41, 5.74) is 2.72. The number of nitrogens with zero attached hydrogens (tertiary/aromatic N) is 1. The van der Waals surface area contributed by atoms with Crippen molar-refractivity contribution in [3.8, 4) is 5.75 Å². The fourth-order valence-corrected chi connectivity index (χ4v) is 8.28. The van der Waals surface area contributed by atoms with E-state index in [2.05, 4.69) is 17.9 Å². The normalized spacial score (nSPS) is 29.8. The van der Waals surface area contributed by atoms with Crippen molar-refractivity contribution in [1.29, 1.82) is 0 Å². The highest BCUT2D eigenvalue weighted by Crippen LogP contribution is 2.63. The predicted octanol–water partition coefficient (Wildman–Crippen LogP) is 7.71. The highest BCUT2D eigenvalue weighted by Gasteiger charge is 2.58. The Hall–Kier alpha value is -1.45. The molecule has 3 aliphatic carbocycles. The third kappa shape index (κ3) is 7.56. The van der Waals surface area contributed by atoms with E-state index >= 15 is 0 Å². The van der Waals surface area contributed by atoms with Crippen LogP contribution in [-0.4, -0.2) is 66.7 Å². The van der Waals surface area contributed by atoms with E-state index in [0.717, 1.165) is 70.9 Å². The molecule has 4 nitrogen and oxygen atoms in total. The minimum absolute atomic E-state index is 0.00173. The quantitative estimate of drug-likeness (QED) is 0.172. The van der Waals surface area contributed by atoms with Gasteiger partial charge in [-0.3, -0.25) is 0 Å². The van der Waals surface area contributed by atoms with Crippen LogP contribution in [0.15, 0.2) is 18.2 Å². The number of rotatable bonds is 14. The molecule has 6 atom stereocenters. The number of fused-ring (bicyclic) bond motifs is 5. The number of aromatic hydroxyl groups is 1. The summed E-state index contributed by atoms with van der Waals surface area (Å²) in [5, 5.41) is 21.0. The number of aryl methyl sites for hydroxylation is 1. The number of aliphatic hydroxyl groups excluding tert-OH is 1. The summed E-state index contributed by atoms with van der Waals surface area (Å²) < 4.78 is 67.7. The molecule has 2 fully saturated rings. The van der Waals surface area contributed by atoms with Crippen LogP contribution in [0.5, 0.6) is 5.75 Å². The molecule has 0 aliphatic heterocycles. The average Bonchev–Trinajstić information content (AvgIpc) is 3.20. The zero-order valence-corrected chi connectivity index (χ0v) is 24.6. The fraction of sp³-hybridized carbons (Fsp3) is 0.812. The molecule has 41 heavy (non-hydrogen) atoms. The lowest BCUT2D eigenvalue weighted by atomic mass is 9.51. The second kappa shape index (κ2) is 13.5.